The van der Waals surface area contributed by atoms with E-state index in [-0.39, 0.29) is 6.10 Å². The van der Waals surface area contributed by atoms with Crippen molar-refractivity contribution in [3.05, 3.63) is 42.0 Å². The van der Waals surface area contributed by atoms with Gasteiger partial charge in [0.2, 0.25) is 0 Å². The molecule has 0 aliphatic rings. The summed E-state index contributed by atoms with van der Waals surface area (Å²) in [6.07, 6.45) is 0.916. The quantitative estimate of drug-likeness (QED) is 0.586. The van der Waals surface area contributed by atoms with Gasteiger partial charge in [-0.1, -0.05) is 24.0 Å². The van der Waals surface area contributed by atoms with Crippen molar-refractivity contribution in [2.45, 2.75) is 26.4 Å². The normalized spacial score (nSPS) is 10.3. The SMILES string of the molecule is CC(C)Oc1ccc2cc(C#CCCCl)ccc2c1. The van der Waals surface area contributed by atoms with E-state index in [1.807, 2.05) is 26.0 Å². The van der Waals surface area contributed by atoms with Gasteiger partial charge in [0.05, 0.1) is 6.10 Å². The lowest BCUT2D eigenvalue weighted by molar-refractivity contribution is 0.243. The lowest BCUT2D eigenvalue weighted by Gasteiger charge is -2.10. The molecular weight excluding hydrogens is 256 g/mol. The molecule has 0 N–H and O–H groups in total. The zero-order chi connectivity index (χ0) is 13.7. The van der Waals surface area contributed by atoms with Gasteiger partial charge in [-0.25, -0.2) is 0 Å². The topological polar surface area (TPSA) is 9.23 Å². The molecule has 0 aliphatic heterocycles. The van der Waals surface area contributed by atoms with E-state index in [0.717, 1.165) is 17.7 Å². The van der Waals surface area contributed by atoms with Crippen LogP contribution in [0, 0.1) is 11.8 Å². The molecule has 0 heterocycles. The fourth-order valence-electron chi connectivity index (χ4n) is 1.86. The van der Waals surface area contributed by atoms with Crippen molar-refractivity contribution in [3.8, 4) is 17.6 Å². The van der Waals surface area contributed by atoms with Gasteiger partial charge in [0, 0.05) is 17.9 Å². The summed E-state index contributed by atoms with van der Waals surface area (Å²) < 4.78 is 5.69. The van der Waals surface area contributed by atoms with Crippen molar-refractivity contribution in [3.63, 3.8) is 0 Å². The molecule has 2 aromatic carbocycles. The molecule has 0 atom stereocenters. The highest BCUT2D eigenvalue weighted by Crippen LogP contribution is 2.22. The van der Waals surface area contributed by atoms with Crippen LogP contribution < -0.4 is 4.74 Å². The highest BCUT2D eigenvalue weighted by atomic mass is 35.5. The number of rotatable bonds is 3. The van der Waals surface area contributed by atoms with Crippen molar-refractivity contribution >= 4 is 22.4 Å². The van der Waals surface area contributed by atoms with Crippen LogP contribution in [0.15, 0.2) is 36.4 Å². The minimum Gasteiger partial charge on any atom is -0.491 e. The van der Waals surface area contributed by atoms with Gasteiger partial charge in [-0.2, -0.15) is 0 Å². The lowest BCUT2D eigenvalue weighted by Crippen LogP contribution is -2.05. The first-order valence-corrected chi connectivity index (χ1v) is 6.98. The number of benzene rings is 2. The maximum absolute atomic E-state index is 5.69. The fraction of sp³-hybridized carbons (Fsp3) is 0.294. The summed E-state index contributed by atoms with van der Waals surface area (Å²) in [4.78, 5) is 0. The van der Waals surface area contributed by atoms with Crippen LogP contribution >= 0.6 is 11.6 Å². The Morgan fingerprint density at radius 2 is 1.84 bits per heavy atom. The Kier molecular flexibility index (Phi) is 4.71. The summed E-state index contributed by atoms with van der Waals surface area (Å²) in [6, 6.07) is 12.3. The van der Waals surface area contributed by atoms with Crippen LogP contribution in [0.3, 0.4) is 0 Å². The third-order valence-electron chi connectivity index (χ3n) is 2.64. The monoisotopic (exact) mass is 272 g/mol. The van der Waals surface area contributed by atoms with E-state index in [9.17, 15) is 0 Å². The zero-order valence-electron chi connectivity index (χ0n) is 11.2. The summed E-state index contributed by atoms with van der Waals surface area (Å²) in [5.74, 6) is 7.65. The predicted octanol–water partition coefficient (Wildman–Crippen LogP) is 4.61. The molecule has 2 heteroatoms. The third kappa shape index (κ3) is 3.91. The highest BCUT2D eigenvalue weighted by Gasteiger charge is 2.00. The Labute approximate surface area is 119 Å². The standard InChI is InChI=1S/C17H17ClO/c1-13(2)19-17-9-8-15-11-14(5-3-4-10-18)6-7-16(15)12-17/h6-9,11-13H,4,10H2,1-2H3. The molecule has 0 fully saturated rings. The Balaban J connectivity index is 2.28. The summed E-state index contributed by atoms with van der Waals surface area (Å²) in [5.41, 5.74) is 1.02. The highest BCUT2D eigenvalue weighted by molar-refractivity contribution is 6.18. The molecule has 0 spiro atoms. The first-order valence-electron chi connectivity index (χ1n) is 6.44. The second-order valence-electron chi connectivity index (χ2n) is 4.63. The van der Waals surface area contributed by atoms with Crippen molar-refractivity contribution < 1.29 is 4.74 Å². The summed E-state index contributed by atoms with van der Waals surface area (Å²) in [7, 11) is 0. The van der Waals surface area contributed by atoms with Crippen LogP contribution in [0.1, 0.15) is 25.8 Å². The van der Waals surface area contributed by atoms with Crippen molar-refractivity contribution in [1.29, 1.82) is 0 Å². The molecular formula is C17H17ClO. The predicted molar refractivity (Wildman–Crippen MR) is 81.9 cm³/mol. The van der Waals surface area contributed by atoms with E-state index in [4.69, 9.17) is 16.3 Å². The molecule has 0 aromatic heterocycles. The first-order chi connectivity index (χ1) is 9.19. The maximum Gasteiger partial charge on any atom is 0.120 e. The van der Waals surface area contributed by atoms with Crippen LogP contribution in [-0.4, -0.2) is 12.0 Å². The smallest absolute Gasteiger partial charge is 0.120 e. The van der Waals surface area contributed by atoms with E-state index in [1.165, 1.54) is 10.8 Å². The second kappa shape index (κ2) is 6.50. The Bertz CT molecular complexity index is 620. The molecule has 0 amide bonds. The van der Waals surface area contributed by atoms with Gasteiger partial charge in [-0.15, -0.1) is 11.6 Å². The first kappa shape index (κ1) is 13.8. The summed E-state index contributed by atoms with van der Waals surface area (Å²) in [5, 5.41) is 2.34. The molecule has 0 aliphatic carbocycles. The molecule has 0 radical (unpaired) electrons. The van der Waals surface area contributed by atoms with Gasteiger partial charge in [-0.05, 0) is 48.9 Å². The molecule has 19 heavy (non-hydrogen) atoms. The van der Waals surface area contributed by atoms with Crippen LogP contribution in [-0.2, 0) is 0 Å². The summed E-state index contributed by atoms with van der Waals surface area (Å²) >= 11 is 5.61. The molecule has 2 rings (SSSR count). The minimum absolute atomic E-state index is 0.193. The minimum atomic E-state index is 0.193. The number of fused-ring (bicyclic) bond motifs is 1. The van der Waals surface area contributed by atoms with Gasteiger partial charge in [0.1, 0.15) is 5.75 Å². The average molecular weight is 273 g/mol. The van der Waals surface area contributed by atoms with Gasteiger partial charge >= 0.3 is 0 Å². The van der Waals surface area contributed by atoms with Gasteiger partial charge in [0.25, 0.3) is 0 Å². The van der Waals surface area contributed by atoms with Crippen molar-refractivity contribution in [2.24, 2.45) is 0 Å². The number of ether oxygens (including phenoxy) is 1. The van der Waals surface area contributed by atoms with E-state index >= 15 is 0 Å². The Morgan fingerprint density at radius 3 is 2.58 bits per heavy atom. The van der Waals surface area contributed by atoms with Gasteiger partial charge in [0.15, 0.2) is 0 Å². The molecule has 0 unspecified atom stereocenters. The van der Waals surface area contributed by atoms with E-state index in [0.29, 0.717) is 5.88 Å². The van der Waals surface area contributed by atoms with Gasteiger partial charge < -0.3 is 4.74 Å². The lowest BCUT2D eigenvalue weighted by atomic mass is 10.1. The van der Waals surface area contributed by atoms with E-state index in [1.54, 1.807) is 0 Å². The van der Waals surface area contributed by atoms with Crippen molar-refractivity contribution in [2.75, 3.05) is 5.88 Å². The largest absolute Gasteiger partial charge is 0.491 e. The fourth-order valence-corrected chi connectivity index (χ4v) is 1.95. The average Bonchev–Trinajstić information content (AvgIpc) is 2.38. The Hall–Kier alpha value is -1.65. The molecule has 0 saturated heterocycles. The molecule has 98 valence electrons. The second-order valence-corrected chi connectivity index (χ2v) is 5.01. The number of hydrogen-bond acceptors (Lipinski definition) is 1. The Morgan fingerprint density at radius 1 is 1.11 bits per heavy atom. The number of halogens is 1. The molecule has 2 aromatic rings. The van der Waals surface area contributed by atoms with Gasteiger partial charge in [-0.3, -0.25) is 0 Å². The molecule has 0 saturated carbocycles. The maximum atomic E-state index is 5.69. The van der Waals surface area contributed by atoms with Crippen LogP contribution in [0.2, 0.25) is 0 Å². The molecule has 1 nitrogen and oxygen atoms in total. The van der Waals surface area contributed by atoms with E-state index in [2.05, 4.69) is 36.1 Å². The number of alkyl halides is 1. The summed E-state index contributed by atoms with van der Waals surface area (Å²) in [6.45, 7) is 4.06. The third-order valence-corrected chi connectivity index (χ3v) is 2.82. The van der Waals surface area contributed by atoms with Crippen LogP contribution in [0.5, 0.6) is 5.75 Å². The van der Waals surface area contributed by atoms with Crippen LogP contribution in [0.4, 0.5) is 0 Å². The van der Waals surface area contributed by atoms with E-state index < -0.39 is 0 Å². The van der Waals surface area contributed by atoms with Crippen molar-refractivity contribution in [1.82, 2.24) is 0 Å². The zero-order valence-corrected chi connectivity index (χ0v) is 12.0. The van der Waals surface area contributed by atoms with Crippen LogP contribution in [0.25, 0.3) is 10.8 Å². The number of hydrogen-bond donors (Lipinski definition) is 0. The molecule has 0 bridgehead atoms.